The van der Waals surface area contributed by atoms with Crippen molar-refractivity contribution in [1.82, 2.24) is 4.90 Å². The Morgan fingerprint density at radius 2 is 1.90 bits per heavy atom. The molecule has 0 bridgehead atoms. The molecule has 0 unspecified atom stereocenters. The first kappa shape index (κ1) is 12.0. The maximum absolute atomic E-state index is 12.3. The Bertz CT molecular complexity index is 562. The fourth-order valence-electron chi connectivity index (χ4n) is 4.05. The molecule has 1 aliphatic carbocycles. The summed E-state index contributed by atoms with van der Waals surface area (Å²) in [6.45, 7) is 0.853. The number of rotatable bonds is 1. The second-order valence-electron chi connectivity index (χ2n) is 6.02. The van der Waals surface area contributed by atoms with E-state index in [0.717, 1.165) is 30.7 Å². The summed E-state index contributed by atoms with van der Waals surface area (Å²) in [5.41, 5.74) is 2.40. The first-order valence-electron chi connectivity index (χ1n) is 7.61. The number of benzene rings is 1. The van der Waals surface area contributed by atoms with E-state index in [2.05, 4.69) is 0 Å². The van der Waals surface area contributed by atoms with Gasteiger partial charge in [0, 0.05) is 12.1 Å². The van der Waals surface area contributed by atoms with Crippen LogP contribution >= 0.6 is 0 Å². The zero-order chi connectivity index (χ0) is 13.5. The molecule has 20 heavy (non-hydrogen) atoms. The van der Waals surface area contributed by atoms with Crippen molar-refractivity contribution in [2.45, 2.75) is 38.1 Å². The van der Waals surface area contributed by atoms with E-state index in [1.54, 1.807) is 0 Å². The third kappa shape index (κ3) is 1.76. The highest BCUT2D eigenvalue weighted by Gasteiger charge is 2.44. The van der Waals surface area contributed by atoms with Gasteiger partial charge in [0.1, 0.15) is 5.76 Å². The summed E-state index contributed by atoms with van der Waals surface area (Å²) in [5.74, 6) is 1.47. The average Bonchev–Trinajstić information content (AvgIpc) is 2.52. The number of carbonyl (C=O) groups excluding carboxylic acids is 1. The third-order valence-corrected chi connectivity index (χ3v) is 4.89. The SMILES string of the molecule is O=C1OC(c2ccccc2)=C2CCC[C@H]3CCCN1[C@@H]23. The van der Waals surface area contributed by atoms with Gasteiger partial charge >= 0.3 is 6.09 Å². The zero-order valence-electron chi connectivity index (χ0n) is 11.5. The molecule has 104 valence electrons. The van der Waals surface area contributed by atoms with Crippen molar-refractivity contribution in [2.24, 2.45) is 5.92 Å². The van der Waals surface area contributed by atoms with Crippen molar-refractivity contribution in [3.63, 3.8) is 0 Å². The molecule has 1 saturated heterocycles. The largest absolute Gasteiger partial charge is 0.415 e. The van der Waals surface area contributed by atoms with E-state index in [1.807, 2.05) is 35.2 Å². The maximum Gasteiger partial charge on any atom is 0.415 e. The van der Waals surface area contributed by atoms with Crippen molar-refractivity contribution in [2.75, 3.05) is 6.54 Å². The minimum atomic E-state index is -0.149. The summed E-state index contributed by atoms with van der Waals surface area (Å²) in [5, 5.41) is 0. The van der Waals surface area contributed by atoms with E-state index in [0.29, 0.717) is 12.0 Å². The molecule has 3 nitrogen and oxygen atoms in total. The lowest BCUT2D eigenvalue weighted by molar-refractivity contribution is 0.0654. The van der Waals surface area contributed by atoms with Crippen LogP contribution in [0.15, 0.2) is 35.9 Å². The Hall–Kier alpha value is -1.77. The molecule has 0 N–H and O–H groups in total. The number of hydrogen-bond acceptors (Lipinski definition) is 2. The lowest BCUT2D eigenvalue weighted by Crippen LogP contribution is -2.53. The number of nitrogens with zero attached hydrogens (tertiary/aromatic N) is 1. The van der Waals surface area contributed by atoms with Crippen LogP contribution in [0.2, 0.25) is 0 Å². The lowest BCUT2D eigenvalue weighted by Gasteiger charge is -2.47. The number of amides is 1. The zero-order valence-corrected chi connectivity index (χ0v) is 11.5. The summed E-state index contributed by atoms with van der Waals surface area (Å²) in [6, 6.07) is 10.4. The standard InChI is InChI=1S/C17H19NO2/c19-17-18-11-5-9-12-8-4-10-14(15(12)18)16(20-17)13-6-2-1-3-7-13/h1-3,6-7,12,15H,4-5,8-11H2/t12-,15+/m0/s1. The number of ether oxygens (including phenoxy) is 1. The normalized spacial score (nSPS) is 29.0. The van der Waals surface area contributed by atoms with Crippen LogP contribution < -0.4 is 0 Å². The number of piperidine rings is 1. The quantitative estimate of drug-likeness (QED) is 0.775. The van der Waals surface area contributed by atoms with Crippen LogP contribution in [-0.4, -0.2) is 23.6 Å². The third-order valence-electron chi connectivity index (χ3n) is 4.89. The maximum atomic E-state index is 12.3. The molecule has 3 heteroatoms. The Balaban J connectivity index is 1.83. The van der Waals surface area contributed by atoms with Gasteiger partial charge in [-0.15, -0.1) is 0 Å². The van der Waals surface area contributed by atoms with E-state index < -0.39 is 0 Å². The smallest absolute Gasteiger partial charge is 0.410 e. The van der Waals surface area contributed by atoms with E-state index >= 15 is 0 Å². The van der Waals surface area contributed by atoms with Crippen LogP contribution in [0.3, 0.4) is 0 Å². The van der Waals surface area contributed by atoms with Gasteiger partial charge in [-0.1, -0.05) is 30.3 Å². The van der Waals surface area contributed by atoms with Crippen LogP contribution in [0.1, 0.15) is 37.7 Å². The molecule has 1 aromatic carbocycles. The van der Waals surface area contributed by atoms with Crippen molar-refractivity contribution < 1.29 is 9.53 Å². The van der Waals surface area contributed by atoms with E-state index in [1.165, 1.54) is 24.8 Å². The van der Waals surface area contributed by atoms with Gasteiger partial charge in [0.2, 0.25) is 0 Å². The molecule has 2 atom stereocenters. The van der Waals surface area contributed by atoms with Crippen molar-refractivity contribution in [1.29, 1.82) is 0 Å². The van der Waals surface area contributed by atoms with Gasteiger partial charge in [-0.2, -0.15) is 0 Å². The number of carbonyl (C=O) groups is 1. The summed E-state index contributed by atoms with van der Waals surface area (Å²) in [6.07, 6.45) is 5.75. The molecule has 2 aliphatic heterocycles. The second kappa shape index (κ2) is 4.65. The van der Waals surface area contributed by atoms with Gasteiger partial charge in [-0.05, 0) is 43.6 Å². The fraction of sp³-hybridized carbons (Fsp3) is 0.471. The predicted octanol–water partition coefficient (Wildman–Crippen LogP) is 3.81. The highest BCUT2D eigenvalue weighted by molar-refractivity contribution is 5.82. The fourth-order valence-corrected chi connectivity index (χ4v) is 4.05. The molecule has 0 spiro atoms. The summed E-state index contributed by atoms with van der Waals surface area (Å²) in [7, 11) is 0. The number of cyclic esters (lactones) is 1. The Kier molecular flexibility index (Phi) is 2.79. The van der Waals surface area contributed by atoms with Crippen LogP contribution in [0.4, 0.5) is 4.79 Å². The minimum absolute atomic E-state index is 0.149. The molecule has 0 aromatic heterocycles. The summed E-state index contributed by atoms with van der Waals surface area (Å²) < 4.78 is 5.69. The van der Waals surface area contributed by atoms with Gasteiger partial charge < -0.3 is 9.64 Å². The monoisotopic (exact) mass is 269 g/mol. The second-order valence-corrected chi connectivity index (χ2v) is 6.02. The number of hydrogen-bond donors (Lipinski definition) is 0. The summed E-state index contributed by atoms with van der Waals surface area (Å²) in [4.78, 5) is 14.3. The summed E-state index contributed by atoms with van der Waals surface area (Å²) >= 11 is 0. The highest BCUT2D eigenvalue weighted by Crippen LogP contribution is 2.44. The van der Waals surface area contributed by atoms with Gasteiger partial charge in [-0.3, -0.25) is 0 Å². The van der Waals surface area contributed by atoms with Gasteiger partial charge in [-0.25, -0.2) is 4.79 Å². The molecule has 1 amide bonds. The molecule has 4 rings (SSSR count). The van der Waals surface area contributed by atoms with Crippen LogP contribution in [0.5, 0.6) is 0 Å². The molecule has 2 heterocycles. The van der Waals surface area contributed by atoms with Gasteiger partial charge in [0.05, 0.1) is 6.04 Å². The van der Waals surface area contributed by atoms with Crippen molar-refractivity contribution >= 4 is 11.9 Å². The van der Waals surface area contributed by atoms with Gasteiger partial charge in [0.25, 0.3) is 0 Å². The van der Waals surface area contributed by atoms with Crippen LogP contribution in [-0.2, 0) is 4.74 Å². The minimum Gasteiger partial charge on any atom is -0.410 e. The lowest BCUT2D eigenvalue weighted by atomic mass is 9.74. The topological polar surface area (TPSA) is 29.5 Å². The molecule has 1 saturated carbocycles. The average molecular weight is 269 g/mol. The molecule has 0 radical (unpaired) electrons. The van der Waals surface area contributed by atoms with Crippen molar-refractivity contribution in [3.05, 3.63) is 41.5 Å². The Morgan fingerprint density at radius 1 is 1.10 bits per heavy atom. The van der Waals surface area contributed by atoms with Crippen LogP contribution in [0.25, 0.3) is 5.76 Å². The Labute approximate surface area is 119 Å². The molecular weight excluding hydrogens is 250 g/mol. The van der Waals surface area contributed by atoms with E-state index in [4.69, 9.17) is 4.74 Å². The van der Waals surface area contributed by atoms with E-state index in [9.17, 15) is 4.79 Å². The first-order valence-corrected chi connectivity index (χ1v) is 7.61. The van der Waals surface area contributed by atoms with E-state index in [-0.39, 0.29) is 6.09 Å². The molecular formula is C17H19NO2. The predicted molar refractivity (Wildman–Crippen MR) is 76.9 cm³/mol. The van der Waals surface area contributed by atoms with Crippen LogP contribution in [0, 0.1) is 5.92 Å². The molecule has 3 aliphatic rings. The van der Waals surface area contributed by atoms with Gasteiger partial charge in [0.15, 0.2) is 0 Å². The molecule has 2 fully saturated rings. The first-order chi connectivity index (χ1) is 9.84. The molecule has 1 aromatic rings. The Morgan fingerprint density at radius 3 is 2.75 bits per heavy atom. The van der Waals surface area contributed by atoms with Crippen molar-refractivity contribution in [3.8, 4) is 0 Å². The highest BCUT2D eigenvalue weighted by atomic mass is 16.6.